The molecule has 2 aromatic rings. The van der Waals surface area contributed by atoms with Crippen LogP contribution in [0.2, 0.25) is 10.0 Å². The Hall–Kier alpha value is -1.80. The number of nitrogens with one attached hydrogen (secondary N) is 1. The molecule has 0 saturated heterocycles. The van der Waals surface area contributed by atoms with Gasteiger partial charge in [-0.05, 0) is 43.2 Å². The summed E-state index contributed by atoms with van der Waals surface area (Å²) in [6.07, 6.45) is -0.225. The van der Waals surface area contributed by atoms with Crippen LogP contribution in [0.3, 0.4) is 0 Å². The number of amides is 1. The number of carbonyl (C=O) groups excluding carboxylic acids is 1. The molecule has 26 heavy (non-hydrogen) atoms. The molecule has 0 fully saturated rings. The summed E-state index contributed by atoms with van der Waals surface area (Å²) < 4.78 is 27.9. The molecular weight excluding hydrogens is 399 g/mol. The first kappa shape index (κ1) is 20.5. The molecule has 2 aromatic carbocycles. The molecule has 0 unspecified atom stereocenters. The normalized spacial score (nSPS) is 12.5. The topological polar surface area (TPSA) is 98.5 Å². The molecule has 6 nitrogen and oxygen atoms in total. The molecule has 0 heterocycles. The molecular formula is C17H18Cl2N2O4S. The predicted octanol–water partition coefficient (Wildman–Crippen LogP) is 2.77. The number of nitrogens with two attached hydrogens (primary N) is 1. The summed E-state index contributed by atoms with van der Waals surface area (Å²) in [5, 5.41) is 8.62. The van der Waals surface area contributed by atoms with E-state index in [1.165, 1.54) is 12.1 Å². The third-order valence-electron chi connectivity index (χ3n) is 3.53. The van der Waals surface area contributed by atoms with Crippen molar-refractivity contribution in [2.24, 2.45) is 5.14 Å². The first-order valence-electron chi connectivity index (χ1n) is 7.68. The van der Waals surface area contributed by atoms with Gasteiger partial charge in [-0.3, -0.25) is 4.79 Å². The lowest BCUT2D eigenvalue weighted by molar-refractivity contribution is -0.127. The number of primary sulfonamides is 1. The quantitative estimate of drug-likeness (QED) is 0.724. The Morgan fingerprint density at radius 3 is 2.46 bits per heavy atom. The van der Waals surface area contributed by atoms with E-state index in [1.54, 1.807) is 37.3 Å². The molecule has 0 spiro atoms. The number of halogens is 2. The van der Waals surface area contributed by atoms with Crippen LogP contribution in [0.25, 0.3) is 0 Å². The van der Waals surface area contributed by atoms with Gasteiger partial charge in [-0.2, -0.15) is 0 Å². The van der Waals surface area contributed by atoms with E-state index in [9.17, 15) is 13.2 Å². The summed E-state index contributed by atoms with van der Waals surface area (Å²) in [7, 11) is -3.71. The molecule has 0 radical (unpaired) electrons. The van der Waals surface area contributed by atoms with Crippen LogP contribution in [-0.4, -0.2) is 27.0 Å². The van der Waals surface area contributed by atoms with E-state index < -0.39 is 16.1 Å². The van der Waals surface area contributed by atoms with Gasteiger partial charge in [0.1, 0.15) is 5.75 Å². The minimum atomic E-state index is -3.71. The van der Waals surface area contributed by atoms with Crippen LogP contribution in [0.4, 0.5) is 0 Å². The molecule has 140 valence electrons. The molecule has 0 bridgehead atoms. The fourth-order valence-electron chi connectivity index (χ4n) is 2.13. The van der Waals surface area contributed by atoms with Gasteiger partial charge in [0.25, 0.3) is 5.91 Å². The number of benzene rings is 2. The highest BCUT2D eigenvalue weighted by molar-refractivity contribution is 7.89. The molecule has 9 heteroatoms. The maximum atomic E-state index is 12.1. The van der Waals surface area contributed by atoms with Gasteiger partial charge in [0.05, 0.1) is 9.92 Å². The van der Waals surface area contributed by atoms with Crippen molar-refractivity contribution in [3.8, 4) is 5.75 Å². The summed E-state index contributed by atoms with van der Waals surface area (Å²) in [6, 6.07) is 10.9. The number of sulfonamides is 1. The summed E-state index contributed by atoms with van der Waals surface area (Å²) in [6.45, 7) is 1.97. The zero-order valence-electron chi connectivity index (χ0n) is 13.9. The van der Waals surface area contributed by atoms with Crippen molar-refractivity contribution in [3.05, 3.63) is 58.1 Å². The van der Waals surface area contributed by atoms with Crippen LogP contribution in [0.5, 0.6) is 5.75 Å². The molecule has 0 aromatic heterocycles. The monoisotopic (exact) mass is 416 g/mol. The third kappa shape index (κ3) is 5.88. The Labute approximate surface area is 162 Å². The SMILES string of the molecule is C[C@H](Oc1cc(Cl)ccc1Cl)C(=O)NCCc1ccc(S(N)(=O)=O)cc1. The van der Waals surface area contributed by atoms with Gasteiger partial charge in [0.15, 0.2) is 6.10 Å². The Morgan fingerprint density at radius 1 is 1.19 bits per heavy atom. The third-order valence-corrected chi connectivity index (χ3v) is 5.01. The fourth-order valence-corrected chi connectivity index (χ4v) is 2.97. The standard InChI is InChI=1S/C17H18Cl2N2O4S/c1-11(25-16-10-13(18)4-7-15(16)19)17(22)21-9-8-12-2-5-14(6-3-12)26(20,23)24/h2-7,10-11H,8-9H2,1H3,(H,21,22)(H2,20,23,24)/t11-/m0/s1. The molecule has 0 saturated carbocycles. The number of hydrogen-bond acceptors (Lipinski definition) is 4. The maximum absolute atomic E-state index is 12.1. The average Bonchev–Trinajstić information content (AvgIpc) is 2.57. The molecule has 1 atom stereocenters. The van der Waals surface area contributed by atoms with Crippen LogP contribution in [0.1, 0.15) is 12.5 Å². The Bertz CT molecular complexity index is 886. The lowest BCUT2D eigenvalue weighted by Gasteiger charge is -2.16. The van der Waals surface area contributed by atoms with E-state index in [0.717, 1.165) is 5.56 Å². The minimum absolute atomic E-state index is 0.0470. The number of rotatable bonds is 7. The fraction of sp³-hybridized carbons (Fsp3) is 0.235. The lowest BCUT2D eigenvalue weighted by atomic mass is 10.1. The predicted molar refractivity (Wildman–Crippen MR) is 101 cm³/mol. The summed E-state index contributed by atoms with van der Waals surface area (Å²) in [5.41, 5.74) is 0.865. The summed E-state index contributed by atoms with van der Waals surface area (Å²) in [4.78, 5) is 12.2. The van der Waals surface area contributed by atoms with Crippen molar-refractivity contribution < 1.29 is 17.9 Å². The molecule has 1 amide bonds. The van der Waals surface area contributed by atoms with E-state index in [4.69, 9.17) is 33.1 Å². The van der Waals surface area contributed by atoms with E-state index in [2.05, 4.69) is 5.32 Å². The largest absolute Gasteiger partial charge is 0.479 e. The zero-order chi connectivity index (χ0) is 19.3. The maximum Gasteiger partial charge on any atom is 0.260 e. The lowest BCUT2D eigenvalue weighted by Crippen LogP contribution is -2.37. The molecule has 2 rings (SSSR count). The molecule has 0 aliphatic carbocycles. The highest BCUT2D eigenvalue weighted by atomic mass is 35.5. The second kappa shape index (κ2) is 8.73. The average molecular weight is 417 g/mol. The summed E-state index contributed by atoms with van der Waals surface area (Å²) in [5.74, 6) is 0.0302. The van der Waals surface area contributed by atoms with Crippen LogP contribution in [-0.2, 0) is 21.2 Å². The van der Waals surface area contributed by atoms with Crippen molar-refractivity contribution in [2.75, 3.05) is 6.54 Å². The van der Waals surface area contributed by atoms with Gasteiger partial charge in [-0.1, -0.05) is 35.3 Å². The second-order valence-corrected chi connectivity index (χ2v) is 7.97. The van der Waals surface area contributed by atoms with Gasteiger partial charge in [-0.25, -0.2) is 13.6 Å². The van der Waals surface area contributed by atoms with Gasteiger partial charge < -0.3 is 10.1 Å². The van der Waals surface area contributed by atoms with Crippen molar-refractivity contribution in [1.29, 1.82) is 0 Å². The van der Waals surface area contributed by atoms with Crippen molar-refractivity contribution in [1.82, 2.24) is 5.32 Å². The minimum Gasteiger partial charge on any atom is -0.479 e. The highest BCUT2D eigenvalue weighted by Gasteiger charge is 2.16. The van der Waals surface area contributed by atoms with Gasteiger partial charge in [0.2, 0.25) is 10.0 Å². The van der Waals surface area contributed by atoms with E-state index in [1.807, 2.05) is 0 Å². The van der Waals surface area contributed by atoms with Crippen LogP contribution >= 0.6 is 23.2 Å². The van der Waals surface area contributed by atoms with E-state index >= 15 is 0 Å². The number of ether oxygens (including phenoxy) is 1. The van der Waals surface area contributed by atoms with Crippen LogP contribution < -0.4 is 15.2 Å². The number of carbonyl (C=O) groups is 1. The van der Waals surface area contributed by atoms with Gasteiger partial charge in [0, 0.05) is 17.6 Å². The summed E-state index contributed by atoms with van der Waals surface area (Å²) >= 11 is 11.9. The van der Waals surface area contributed by atoms with Crippen molar-refractivity contribution >= 4 is 39.1 Å². The van der Waals surface area contributed by atoms with Crippen molar-refractivity contribution in [3.63, 3.8) is 0 Å². The van der Waals surface area contributed by atoms with Gasteiger partial charge >= 0.3 is 0 Å². The molecule has 0 aliphatic heterocycles. The second-order valence-electron chi connectivity index (χ2n) is 5.56. The molecule has 0 aliphatic rings. The Morgan fingerprint density at radius 2 is 1.85 bits per heavy atom. The molecule has 3 N–H and O–H groups in total. The first-order valence-corrected chi connectivity index (χ1v) is 9.98. The Balaban J connectivity index is 1.85. The first-order chi connectivity index (χ1) is 12.2. The van der Waals surface area contributed by atoms with Crippen molar-refractivity contribution in [2.45, 2.75) is 24.3 Å². The van der Waals surface area contributed by atoms with E-state index in [-0.39, 0.29) is 10.8 Å². The van der Waals surface area contributed by atoms with Gasteiger partial charge in [-0.15, -0.1) is 0 Å². The van der Waals surface area contributed by atoms with Crippen LogP contribution in [0, 0.1) is 0 Å². The van der Waals surface area contributed by atoms with E-state index in [0.29, 0.717) is 28.8 Å². The highest BCUT2D eigenvalue weighted by Crippen LogP contribution is 2.28. The number of hydrogen-bond donors (Lipinski definition) is 2. The van der Waals surface area contributed by atoms with Crippen LogP contribution in [0.15, 0.2) is 47.4 Å². The zero-order valence-corrected chi connectivity index (χ0v) is 16.2. The smallest absolute Gasteiger partial charge is 0.260 e. The Kier molecular flexibility index (Phi) is 6.88.